The van der Waals surface area contributed by atoms with Crippen LogP contribution >= 0.6 is 11.6 Å². The van der Waals surface area contributed by atoms with Gasteiger partial charge >= 0.3 is 0 Å². The minimum atomic E-state index is -4.22. The van der Waals surface area contributed by atoms with Crippen LogP contribution in [0.4, 0.5) is 5.69 Å². The van der Waals surface area contributed by atoms with Gasteiger partial charge in [-0.2, -0.15) is 4.31 Å². The van der Waals surface area contributed by atoms with Gasteiger partial charge in [0.15, 0.2) is 0 Å². The highest BCUT2D eigenvalue weighted by Crippen LogP contribution is 2.29. The molecule has 5 nitrogen and oxygen atoms in total. The lowest BCUT2D eigenvalue weighted by Gasteiger charge is -2.23. The molecule has 0 bridgehead atoms. The summed E-state index contributed by atoms with van der Waals surface area (Å²) in [5, 5.41) is 0.396. The number of nitrogens with zero attached hydrogens (tertiary/aromatic N) is 1. The molecule has 7 heteroatoms. The van der Waals surface area contributed by atoms with Crippen molar-refractivity contribution >= 4 is 33.2 Å². The standard InChI is InChI=1S/C26H20ClNO4S/c1-32-24-15-13-23(14-16-24)28(33(30,31)25-17-11-22(27)12-18-25)26(29)21-9-7-20(8-10-21)19-5-3-2-4-6-19/h2-18H,1H3. The number of ether oxygens (including phenoxy) is 1. The van der Waals surface area contributed by atoms with Crippen LogP contribution in [0.3, 0.4) is 0 Å². The number of rotatable bonds is 6. The predicted molar refractivity (Wildman–Crippen MR) is 130 cm³/mol. The topological polar surface area (TPSA) is 63.7 Å². The number of hydrogen-bond donors (Lipinski definition) is 0. The third-order valence-corrected chi connectivity index (χ3v) is 7.06. The van der Waals surface area contributed by atoms with E-state index in [0.717, 1.165) is 15.4 Å². The molecule has 0 saturated carbocycles. The van der Waals surface area contributed by atoms with E-state index >= 15 is 0 Å². The number of sulfonamides is 1. The zero-order chi connectivity index (χ0) is 23.4. The van der Waals surface area contributed by atoms with Gasteiger partial charge in [0.2, 0.25) is 0 Å². The molecule has 0 aliphatic rings. The van der Waals surface area contributed by atoms with E-state index in [-0.39, 0.29) is 16.1 Å². The van der Waals surface area contributed by atoms with Gasteiger partial charge in [-0.1, -0.05) is 54.1 Å². The van der Waals surface area contributed by atoms with Crippen LogP contribution in [0.2, 0.25) is 5.02 Å². The van der Waals surface area contributed by atoms with Crippen LogP contribution in [-0.2, 0) is 10.0 Å². The molecule has 0 spiro atoms. The fraction of sp³-hybridized carbons (Fsp3) is 0.0385. The van der Waals surface area contributed by atoms with Crippen LogP contribution in [-0.4, -0.2) is 21.4 Å². The largest absolute Gasteiger partial charge is 0.497 e. The molecule has 0 aliphatic heterocycles. The van der Waals surface area contributed by atoms with Crippen molar-refractivity contribution in [2.24, 2.45) is 0 Å². The van der Waals surface area contributed by atoms with Gasteiger partial charge in [0, 0.05) is 10.6 Å². The van der Waals surface area contributed by atoms with Crippen molar-refractivity contribution in [3.8, 4) is 16.9 Å². The first kappa shape index (κ1) is 22.6. The highest BCUT2D eigenvalue weighted by atomic mass is 35.5. The SMILES string of the molecule is COc1ccc(N(C(=O)c2ccc(-c3ccccc3)cc2)S(=O)(=O)c2ccc(Cl)cc2)cc1. The molecule has 4 aromatic carbocycles. The average molecular weight is 478 g/mol. The zero-order valence-electron chi connectivity index (χ0n) is 17.7. The van der Waals surface area contributed by atoms with Crippen molar-refractivity contribution in [2.45, 2.75) is 4.90 Å². The van der Waals surface area contributed by atoms with Gasteiger partial charge in [0.05, 0.1) is 17.7 Å². The maximum Gasteiger partial charge on any atom is 0.272 e. The molecule has 0 radical (unpaired) electrons. The molecule has 0 N–H and O–H groups in total. The maximum atomic E-state index is 13.5. The number of carbonyl (C=O) groups excluding carboxylic acids is 1. The van der Waals surface area contributed by atoms with Crippen molar-refractivity contribution in [1.29, 1.82) is 0 Å². The quantitative estimate of drug-likeness (QED) is 0.339. The van der Waals surface area contributed by atoms with E-state index in [2.05, 4.69) is 0 Å². The van der Waals surface area contributed by atoms with E-state index < -0.39 is 15.9 Å². The summed E-state index contributed by atoms with van der Waals surface area (Å²) in [5.74, 6) is -0.128. The molecule has 166 valence electrons. The summed E-state index contributed by atoms with van der Waals surface area (Å²) in [6, 6.07) is 28.5. The first-order chi connectivity index (χ1) is 15.9. The molecular weight excluding hydrogens is 458 g/mol. The molecule has 0 aromatic heterocycles. The Morgan fingerprint density at radius 2 is 1.33 bits per heavy atom. The molecule has 33 heavy (non-hydrogen) atoms. The Balaban J connectivity index is 1.77. The molecule has 0 atom stereocenters. The van der Waals surface area contributed by atoms with Crippen molar-refractivity contribution in [2.75, 3.05) is 11.4 Å². The number of methoxy groups -OCH3 is 1. The van der Waals surface area contributed by atoms with Gasteiger partial charge in [-0.3, -0.25) is 4.79 Å². The van der Waals surface area contributed by atoms with E-state index in [1.54, 1.807) is 36.4 Å². The summed E-state index contributed by atoms with van der Waals surface area (Å²) in [5.41, 5.74) is 2.35. The molecule has 0 saturated heterocycles. The Bertz CT molecular complexity index is 1350. The van der Waals surface area contributed by atoms with Crippen LogP contribution in [0.15, 0.2) is 108 Å². The number of halogens is 1. The first-order valence-electron chi connectivity index (χ1n) is 10.0. The lowest BCUT2D eigenvalue weighted by Crippen LogP contribution is -2.37. The fourth-order valence-electron chi connectivity index (χ4n) is 3.35. The van der Waals surface area contributed by atoms with Crippen LogP contribution in [0.1, 0.15) is 10.4 Å². The molecule has 0 unspecified atom stereocenters. The van der Waals surface area contributed by atoms with E-state index in [1.165, 1.54) is 43.5 Å². The molecular formula is C26H20ClNO4S. The highest BCUT2D eigenvalue weighted by Gasteiger charge is 2.32. The summed E-state index contributed by atoms with van der Waals surface area (Å²) in [6.45, 7) is 0. The van der Waals surface area contributed by atoms with Crippen LogP contribution in [0, 0.1) is 0 Å². The number of hydrogen-bond acceptors (Lipinski definition) is 4. The zero-order valence-corrected chi connectivity index (χ0v) is 19.3. The predicted octanol–water partition coefficient (Wildman–Crippen LogP) is 6.05. The van der Waals surface area contributed by atoms with Crippen molar-refractivity contribution in [3.63, 3.8) is 0 Å². The lowest BCUT2D eigenvalue weighted by atomic mass is 10.0. The van der Waals surface area contributed by atoms with E-state index in [1.807, 2.05) is 30.3 Å². The van der Waals surface area contributed by atoms with Crippen molar-refractivity contribution < 1.29 is 17.9 Å². The first-order valence-corrected chi connectivity index (χ1v) is 11.9. The molecule has 0 heterocycles. The number of benzene rings is 4. The smallest absolute Gasteiger partial charge is 0.272 e. The van der Waals surface area contributed by atoms with Crippen molar-refractivity contribution in [3.05, 3.63) is 114 Å². The van der Waals surface area contributed by atoms with Crippen molar-refractivity contribution in [1.82, 2.24) is 0 Å². The van der Waals surface area contributed by atoms with Crippen LogP contribution in [0.25, 0.3) is 11.1 Å². The Morgan fingerprint density at radius 1 is 0.758 bits per heavy atom. The Labute approximate surface area is 197 Å². The summed E-state index contributed by atoms with van der Waals surface area (Å²) in [6.07, 6.45) is 0. The van der Waals surface area contributed by atoms with Gasteiger partial charge in [-0.25, -0.2) is 8.42 Å². The third-order valence-electron chi connectivity index (χ3n) is 5.08. The Hall–Kier alpha value is -3.61. The summed E-state index contributed by atoms with van der Waals surface area (Å²) < 4.78 is 33.0. The Kier molecular flexibility index (Phi) is 6.49. The maximum absolute atomic E-state index is 13.5. The molecule has 0 aliphatic carbocycles. The van der Waals surface area contributed by atoms with Gasteiger partial charge in [0.1, 0.15) is 5.75 Å². The average Bonchev–Trinajstić information content (AvgIpc) is 2.85. The van der Waals surface area contributed by atoms with Gasteiger partial charge in [-0.15, -0.1) is 0 Å². The van der Waals surface area contributed by atoms with E-state index in [4.69, 9.17) is 16.3 Å². The number of anilines is 1. The molecule has 4 rings (SSSR count). The summed E-state index contributed by atoms with van der Waals surface area (Å²) >= 11 is 5.93. The van der Waals surface area contributed by atoms with Crippen LogP contribution in [0.5, 0.6) is 5.75 Å². The normalized spacial score (nSPS) is 11.1. The second-order valence-electron chi connectivity index (χ2n) is 7.17. The molecule has 1 amide bonds. The van der Waals surface area contributed by atoms with Gasteiger partial charge in [-0.05, 0) is 71.8 Å². The number of carbonyl (C=O) groups is 1. The Morgan fingerprint density at radius 3 is 1.91 bits per heavy atom. The second kappa shape index (κ2) is 9.48. The highest BCUT2D eigenvalue weighted by molar-refractivity contribution is 7.93. The summed E-state index contributed by atoms with van der Waals surface area (Å²) in [4.78, 5) is 13.5. The third kappa shape index (κ3) is 4.77. The van der Waals surface area contributed by atoms with Gasteiger partial charge < -0.3 is 4.74 Å². The molecule has 0 fully saturated rings. The minimum absolute atomic E-state index is 0.0445. The number of amides is 1. The van der Waals surface area contributed by atoms with Gasteiger partial charge in [0.25, 0.3) is 15.9 Å². The van der Waals surface area contributed by atoms with E-state index in [9.17, 15) is 13.2 Å². The minimum Gasteiger partial charge on any atom is -0.497 e. The molecule has 4 aromatic rings. The summed E-state index contributed by atoms with van der Waals surface area (Å²) in [7, 11) is -2.71. The van der Waals surface area contributed by atoms with E-state index in [0.29, 0.717) is 10.8 Å². The second-order valence-corrected chi connectivity index (χ2v) is 9.39. The lowest BCUT2D eigenvalue weighted by molar-refractivity contribution is 0.101. The van der Waals surface area contributed by atoms with Crippen LogP contribution < -0.4 is 9.04 Å². The fourth-order valence-corrected chi connectivity index (χ4v) is 4.89. The monoisotopic (exact) mass is 477 g/mol.